The smallest absolute Gasteiger partial charge is 0.0972 e. The summed E-state index contributed by atoms with van der Waals surface area (Å²) in [5.74, 6) is 0. The van der Waals surface area contributed by atoms with Gasteiger partial charge >= 0.3 is 0 Å². The molecule has 0 spiro atoms. The molecule has 3 heterocycles. The van der Waals surface area contributed by atoms with Gasteiger partial charge in [-0.1, -0.05) is 164 Å². The van der Waals surface area contributed by atoms with Gasteiger partial charge in [0.25, 0.3) is 0 Å². The van der Waals surface area contributed by atoms with Gasteiger partial charge in [-0.15, -0.1) is 0 Å². The predicted octanol–water partition coefficient (Wildman–Crippen LogP) is 12.3. The van der Waals surface area contributed by atoms with E-state index in [0.717, 1.165) is 71.9 Å². The average Bonchev–Trinajstić information content (AvgIpc) is 3.20. The maximum atomic E-state index is 5.49. The zero-order valence-electron chi connectivity index (χ0n) is 27.1. The standard InChI is InChI=1S/C47H29N3/c1-3-13-31(14-4-1)41-28-26-33-24-25-34-27-29-42(49-46(34)45(33)48-41)38-21-11-23-40-43-37(36-19-9-17-30-12-7-8-18-35(30)36)20-10-22-39(43)44(50-47(38)40)32-15-5-2-6-16-32/h1-29H. The van der Waals surface area contributed by atoms with E-state index in [-0.39, 0.29) is 0 Å². The van der Waals surface area contributed by atoms with E-state index in [1.807, 2.05) is 18.2 Å². The molecule has 0 saturated heterocycles. The van der Waals surface area contributed by atoms with Crippen LogP contribution in [0.2, 0.25) is 0 Å². The van der Waals surface area contributed by atoms with Crippen molar-refractivity contribution in [2.45, 2.75) is 0 Å². The summed E-state index contributed by atoms with van der Waals surface area (Å²) in [5.41, 5.74) is 11.0. The lowest BCUT2D eigenvalue weighted by Crippen LogP contribution is -1.96. The van der Waals surface area contributed by atoms with Crippen LogP contribution in [0.3, 0.4) is 0 Å². The number of hydrogen-bond donors (Lipinski definition) is 0. The monoisotopic (exact) mass is 635 g/mol. The predicted molar refractivity (Wildman–Crippen MR) is 209 cm³/mol. The zero-order chi connectivity index (χ0) is 33.0. The van der Waals surface area contributed by atoms with Gasteiger partial charge in [0.05, 0.1) is 33.6 Å². The summed E-state index contributed by atoms with van der Waals surface area (Å²) in [6.45, 7) is 0. The number of pyridine rings is 3. The first-order chi connectivity index (χ1) is 24.8. The summed E-state index contributed by atoms with van der Waals surface area (Å²) in [5, 5.41) is 7.99. The van der Waals surface area contributed by atoms with Crippen LogP contribution in [0.25, 0.3) is 99.2 Å². The molecule has 3 heteroatoms. The number of nitrogens with zero attached hydrogens (tertiary/aromatic N) is 3. The molecule has 10 rings (SSSR count). The van der Waals surface area contributed by atoms with E-state index in [9.17, 15) is 0 Å². The van der Waals surface area contributed by atoms with Crippen LogP contribution in [-0.2, 0) is 0 Å². The molecule has 0 aliphatic carbocycles. The molecule has 50 heavy (non-hydrogen) atoms. The van der Waals surface area contributed by atoms with E-state index in [1.54, 1.807) is 0 Å². The molecule has 10 aromatic rings. The summed E-state index contributed by atoms with van der Waals surface area (Å²) in [6.07, 6.45) is 0. The molecule has 0 fully saturated rings. The minimum Gasteiger partial charge on any atom is -0.246 e. The Morgan fingerprint density at radius 2 is 0.820 bits per heavy atom. The Morgan fingerprint density at radius 3 is 1.60 bits per heavy atom. The van der Waals surface area contributed by atoms with Crippen molar-refractivity contribution in [3.63, 3.8) is 0 Å². The van der Waals surface area contributed by atoms with E-state index in [0.29, 0.717) is 0 Å². The molecular weight excluding hydrogens is 607 g/mol. The van der Waals surface area contributed by atoms with E-state index in [1.165, 1.54) is 27.3 Å². The van der Waals surface area contributed by atoms with Crippen molar-refractivity contribution in [3.05, 3.63) is 176 Å². The van der Waals surface area contributed by atoms with Crippen molar-refractivity contribution >= 4 is 54.3 Å². The first-order valence-corrected chi connectivity index (χ1v) is 17.0. The fourth-order valence-electron chi connectivity index (χ4n) is 7.47. The lowest BCUT2D eigenvalue weighted by Gasteiger charge is -2.17. The van der Waals surface area contributed by atoms with Crippen LogP contribution in [0.4, 0.5) is 0 Å². The van der Waals surface area contributed by atoms with Gasteiger partial charge < -0.3 is 0 Å². The van der Waals surface area contributed by atoms with E-state index < -0.39 is 0 Å². The molecule has 7 aromatic carbocycles. The Kier molecular flexibility index (Phi) is 6.49. The van der Waals surface area contributed by atoms with Crippen LogP contribution in [-0.4, -0.2) is 15.0 Å². The topological polar surface area (TPSA) is 38.7 Å². The van der Waals surface area contributed by atoms with Crippen molar-refractivity contribution in [1.29, 1.82) is 0 Å². The number of hydrogen-bond acceptors (Lipinski definition) is 3. The fraction of sp³-hybridized carbons (Fsp3) is 0. The molecule has 0 unspecified atom stereocenters. The lowest BCUT2D eigenvalue weighted by atomic mass is 9.90. The number of para-hydroxylation sites is 1. The third kappa shape index (κ3) is 4.56. The molecule has 0 radical (unpaired) electrons. The Bertz CT molecular complexity index is 2910. The van der Waals surface area contributed by atoms with Crippen molar-refractivity contribution in [2.24, 2.45) is 0 Å². The molecule has 0 bridgehead atoms. The second kappa shape index (κ2) is 11.5. The Morgan fingerprint density at radius 1 is 0.280 bits per heavy atom. The van der Waals surface area contributed by atoms with Gasteiger partial charge in [-0.25, -0.2) is 15.0 Å². The maximum absolute atomic E-state index is 5.49. The molecule has 0 saturated carbocycles. The van der Waals surface area contributed by atoms with Gasteiger partial charge in [0.1, 0.15) is 0 Å². The van der Waals surface area contributed by atoms with Crippen LogP contribution in [0.15, 0.2) is 176 Å². The van der Waals surface area contributed by atoms with E-state index in [4.69, 9.17) is 15.0 Å². The Balaban J connectivity index is 1.27. The number of rotatable bonds is 4. The first kappa shape index (κ1) is 28.3. The fourth-order valence-corrected chi connectivity index (χ4v) is 7.47. The van der Waals surface area contributed by atoms with Gasteiger partial charge in [-0.2, -0.15) is 0 Å². The number of fused-ring (bicyclic) bond motifs is 7. The average molecular weight is 636 g/mol. The van der Waals surface area contributed by atoms with Crippen molar-refractivity contribution in [2.75, 3.05) is 0 Å². The van der Waals surface area contributed by atoms with Gasteiger partial charge in [0.2, 0.25) is 0 Å². The lowest BCUT2D eigenvalue weighted by molar-refractivity contribution is 1.36. The van der Waals surface area contributed by atoms with Gasteiger partial charge in [0, 0.05) is 43.6 Å². The Labute approximate surface area is 289 Å². The summed E-state index contributed by atoms with van der Waals surface area (Å²) >= 11 is 0. The molecular formula is C47H29N3. The van der Waals surface area contributed by atoms with Crippen molar-refractivity contribution in [3.8, 4) is 44.9 Å². The van der Waals surface area contributed by atoms with E-state index in [2.05, 4.69) is 158 Å². The largest absolute Gasteiger partial charge is 0.246 e. The normalized spacial score (nSPS) is 11.6. The summed E-state index contributed by atoms with van der Waals surface area (Å²) in [7, 11) is 0. The molecule has 0 atom stereocenters. The third-order valence-electron chi connectivity index (χ3n) is 9.84. The minimum atomic E-state index is 0.871. The molecule has 232 valence electrons. The molecule has 0 amide bonds. The second-order valence-corrected chi connectivity index (χ2v) is 12.8. The molecule has 0 aliphatic heterocycles. The number of benzene rings is 7. The van der Waals surface area contributed by atoms with Crippen molar-refractivity contribution < 1.29 is 0 Å². The SMILES string of the molecule is c1ccc(-c2ccc3ccc4ccc(-c5cccc6c5nc(-c5ccccc5)c5cccc(-c7cccc8ccccc78)c56)nc4c3n2)cc1. The highest BCUT2D eigenvalue weighted by Crippen LogP contribution is 2.42. The number of aromatic nitrogens is 3. The molecule has 3 aromatic heterocycles. The highest BCUT2D eigenvalue weighted by atomic mass is 14.8. The van der Waals surface area contributed by atoms with Crippen LogP contribution < -0.4 is 0 Å². The third-order valence-corrected chi connectivity index (χ3v) is 9.84. The summed E-state index contributed by atoms with van der Waals surface area (Å²) < 4.78 is 0. The van der Waals surface area contributed by atoms with Gasteiger partial charge in [0.15, 0.2) is 0 Å². The van der Waals surface area contributed by atoms with Crippen LogP contribution >= 0.6 is 0 Å². The highest BCUT2D eigenvalue weighted by Gasteiger charge is 2.19. The minimum absolute atomic E-state index is 0.871. The quantitative estimate of drug-likeness (QED) is 0.181. The van der Waals surface area contributed by atoms with Gasteiger partial charge in [-0.05, 0) is 34.0 Å². The van der Waals surface area contributed by atoms with E-state index >= 15 is 0 Å². The molecule has 3 nitrogen and oxygen atoms in total. The summed E-state index contributed by atoms with van der Waals surface area (Å²) in [6, 6.07) is 62.0. The second-order valence-electron chi connectivity index (χ2n) is 12.8. The molecule has 0 aliphatic rings. The van der Waals surface area contributed by atoms with Crippen LogP contribution in [0.5, 0.6) is 0 Å². The van der Waals surface area contributed by atoms with Crippen LogP contribution in [0.1, 0.15) is 0 Å². The zero-order valence-corrected chi connectivity index (χ0v) is 27.1. The Hall–Kier alpha value is -6.71. The maximum Gasteiger partial charge on any atom is 0.0972 e. The highest BCUT2D eigenvalue weighted by molar-refractivity contribution is 6.21. The van der Waals surface area contributed by atoms with Crippen molar-refractivity contribution in [1.82, 2.24) is 15.0 Å². The van der Waals surface area contributed by atoms with Crippen LogP contribution in [0, 0.1) is 0 Å². The summed E-state index contributed by atoms with van der Waals surface area (Å²) in [4.78, 5) is 16.0. The molecule has 0 N–H and O–H groups in total. The first-order valence-electron chi connectivity index (χ1n) is 17.0. The van der Waals surface area contributed by atoms with Gasteiger partial charge in [-0.3, -0.25) is 0 Å².